The lowest BCUT2D eigenvalue weighted by molar-refractivity contribution is 0.354. The van der Waals surface area contributed by atoms with Crippen molar-refractivity contribution in [2.24, 2.45) is 10.1 Å². The first kappa shape index (κ1) is 18.2. The summed E-state index contributed by atoms with van der Waals surface area (Å²) < 4.78 is 12.7. The lowest BCUT2D eigenvalue weighted by Gasteiger charge is -2.09. The molecule has 0 fully saturated rings. The van der Waals surface area contributed by atoms with Crippen LogP contribution in [-0.2, 0) is 0 Å². The molecule has 5 nitrogen and oxygen atoms in total. The molecule has 0 saturated carbocycles. The van der Waals surface area contributed by atoms with E-state index in [1.165, 1.54) is 0 Å². The number of thiazole rings is 1. The maximum atomic E-state index is 5.48. The summed E-state index contributed by atoms with van der Waals surface area (Å²) in [5, 5.41) is 8.79. The van der Waals surface area contributed by atoms with Gasteiger partial charge in [-0.05, 0) is 23.6 Å². The normalized spacial score (nSPS) is 11.8. The monoisotopic (exact) mass is 385 g/mol. The Kier molecular flexibility index (Phi) is 6.04. The van der Waals surface area contributed by atoms with Crippen molar-refractivity contribution >= 4 is 28.9 Å². The fourth-order valence-corrected chi connectivity index (χ4v) is 4.03. The summed E-state index contributed by atoms with van der Waals surface area (Å²) in [7, 11) is 3.24. The molecule has 0 unspecified atom stereocenters. The van der Waals surface area contributed by atoms with E-state index in [0.29, 0.717) is 18.0 Å². The molecule has 0 spiro atoms. The SMILES string of the molecule is C=CCN=c1scc(-c2cccs2)n1N=Cc1cccc(OC)c1OC. The van der Waals surface area contributed by atoms with Crippen molar-refractivity contribution < 1.29 is 9.47 Å². The molecule has 2 aromatic heterocycles. The maximum Gasteiger partial charge on any atom is 0.206 e. The van der Waals surface area contributed by atoms with Gasteiger partial charge in [0.2, 0.25) is 4.80 Å². The Balaban J connectivity index is 2.08. The third-order valence-corrected chi connectivity index (χ3v) is 5.31. The fraction of sp³-hybridized carbons (Fsp3) is 0.158. The van der Waals surface area contributed by atoms with E-state index in [4.69, 9.17) is 9.47 Å². The summed E-state index contributed by atoms with van der Waals surface area (Å²) in [6.45, 7) is 4.28. The first-order valence-corrected chi connectivity index (χ1v) is 9.65. The minimum Gasteiger partial charge on any atom is -0.493 e. The lowest BCUT2D eigenvalue weighted by Crippen LogP contribution is -2.12. The zero-order valence-corrected chi connectivity index (χ0v) is 16.2. The molecule has 0 bridgehead atoms. The zero-order valence-electron chi connectivity index (χ0n) is 14.6. The number of hydrogen-bond acceptors (Lipinski definition) is 6. The average Bonchev–Trinajstić information content (AvgIpc) is 3.33. The minimum absolute atomic E-state index is 0.544. The van der Waals surface area contributed by atoms with E-state index >= 15 is 0 Å². The van der Waals surface area contributed by atoms with Crippen molar-refractivity contribution in [3.05, 3.63) is 64.1 Å². The molecule has 0 radical (unpaired) electrons. The van der Waals surface area contributed by atoms with Crippen molar-refractivity contribution in [2.45, 2.75) is 0 Å². The zero-order chi connectivity index (χ0) is 18.4. The molecule has 0 aliphatic rings. The van der Waals surface area contributed by atoms with Gasteiger partial charge in [0.05, 0.1) is 37.6 Å². The summed E-state index contributed by atoms with van der Waals surface area (Å²) in [6, 6.07) is 9.79. The minimum atomic E-state index is 0.544. The van der Waals surface area contributed by atoms with E-state index in [1.807, 2.05) is 34.3 Å². The van der Waals surface area contributed by atoms with Gasteiger partial charge in [0.25, 0.3) is 0 Å². The van der Waals surface area contributed by atoms with E-state index < -0.39 is 0 Å². The summed E-state index contributed by atoms with van der Waals surface area (Å²) >= 11 is 3.22. The first-order valence-electron chi connectivity index (χ1n) is 7.89. The quantitative estimate of drug-likeness (QED) is 0.451. The number of methoxy groups -OCH3 is 2. The van der Waals surface area contributed by atoms with Crippen LogP contribution >= 0.6 is 22.7 Å². The number of hydrogen-bond donors (Lipinski definition) is 0. The van der Waals surface area contributed by atoms with E-state index in [9.17, 15) is 0 Å². The van der Waals surface area contributed by atoms with Crippen molar-refractivity contribution in [3.8, 4) is 22.1 Å². The molecule has 2 heterocycles. The third-order valence-electron chi connectivity index (χ3n) is 3.56. The molecule has 1 aromatic carbocycles. The molecule has 0 N–H and O–H groups in total. The van der Waals surface area contributed by atoms with E-state index in [1.54, 1.807) is 49.2 Å². The van der Waals surface area contributed by atoms with Crippen LogP contribution in [0.4, 0.5) is 0 Å². The molecule has 0 atom stereocenters. The highest BCUT2D eigenvalue weighted by molar-refractivity contribution is 7.14. The maximum absolute atomic E-state index is 5.48. The topological polar surface area (TPSA) is 48.1 Å². The van der Waals surface area contributed by atoms with Crippen molar-refractivity contribution in [1.29, 1.82) is 0 Å². The number of aromatic nitrogens is 1. The fourth-order valence-electron chi connectivity index (χ4n) is 2.39. The predicted molar refractivity (Wildman–Crippen MR) is 109 cm³/mol. The van der Waals surface area contributed by atoms with Crippen LogP contribution in [0.5, 0.6) is 11.5 Å². The van der Waals surface area contributed by atoms with E-state index in [0.717, 1.165) is 20.9 Å². The molecular weight excluding hydrogens is 366 g/mol. The lowest BCUT2D eigenvalue weighted by atomic mass is 10.2. The summed E-state index contributed by atoms with van der Waals surface area (Å²) in [5.41, 5.74) is 1.84. The van der Waals surface area contributed by atoms with Crippen LogP contribution in [0.3, 0.4) is 0 Å². The Labute approximate surface area is 160 Å². The number of nitrogens with zero attached hydrogens (tertiary/aromatic N) is 3. The number of ether oxygens (including phenoxy) is 2. The smallest absolute Gasteiger partial charge is 0.206 e. The Morgan fingerprint density at radius 1 is 1.15 bits per heavy atom. The van der Waals surface area contributed by atoms with Crippen LogP contribution in [0.1, 0.15) is 5.56 Å². The molecule has 0 aliphatic heterocycles. The molecule has 26 heavy (non-hydrogen) atoms. The van der Waals surface area contributed by atoms with Crippen LogP contribution in [-0.4, -0.2) is 31.7 Å². The van der Waals surface area contributed by atoms with Crippen LogP contribution in [0.15, 0.2) is 63.8 Å². The van der Waals surface area contributed by atoms with Crippen molar-refractivity contribution in [2.75, 3.05) is 20.8 Å². The third kappa shape index (κ3) is 3.79. The summed E-state index contributed by atoms with van der Waals surface area (Å²) in [6.07, 6.45) is 3.53. The van der Waals surface area contributed by atoms with Gasteiger partial charge in [-0.1, -0.05) is 18.2 Å². The van der Waals surface area contributed by atoms with Gasteiger partial charge >= 0.3 is 0 Å². The molecule has 3 rings (SSSR count). The van der Waals surface area contributed by atoms with Crippen molar-refractivity contribution in [3.63, 3.8) is 0 Å². The Hall–Kier alpha value is -2.64. The molecule has 3 aromatic rings. The Bertz CT molecular complexity index is 969. The first-order chi connectivity index (χ1) is 12.8. The number of thiophene rings is 1. The Morgan fingerprint density at radius 2 is 2.04 bits per heavy atom. The van der Waals surface area contributed by atoms with Gasteiger partial charge in [0, 0.05) is 10.9 Å². The van der Waals surface area contributed by atoms with Crippen LogP contribution in [0, 0.1) is 0 Å². The van der Waals surface area contributed by atoms with Gasteiger partial charge in [-0.2, -0.15) is 5.10 Å². The Morgan fingerprint density at radius 3 is 2.73 bits per heavy atom. The standard InChI is InChI=1S/C19H19N3O2S2/c1-4-10-20-19-22(15(13-26-19)17-9-6-11-25-17)21-12-14-7-5-8-16(23-2)18(14)24-3/h4-9,11-13H,1,10H2,2-3H3. The number of benzene rings is 1. The van der Waals surface area contributed by atoms with E-state index in [2.05, 4.69) is 28.1 Å². The molecule has 0 saturated heterocycles. The van der Waals surface area contributed by atoms with Gasteiger partial charge in [-0.15, -0.1) is 29.3 Å². The summed E-state index contributed by atoms with van der Waals surface area (Å²) in [4.78, 5) is 6.49. The van der Waals surface area contributed by atoms with E-state index in [-0.39, 0.29) is 0 Å². The second kappa shape index (κ2) is 8.64. The van der Waals surface area contributed by atoms with Crippen molar-refractivity contribution in [1.82, 2.24) is 4.68 Å². The highest BCUT2D eigenvalue weighted by Gasteiger charge is 2.10. The largest absolute Gasteiger partial charge is 0.493 e. The van der Waals surface area contributed by atoms with Gasteiger partial charge < -0.3 is 9.47 Å². The highest BCUT2D eigenvalue weighted by atomic mass is 32.1. The van der Waals surface area contributed by atoms with Crippen LogP contribution in [0.25, 0.3) is 10.6 Å². The molecule has 7 heteroatoms. The van der Waals surface area contributed by atoms with Gasteiger partial charge in [0.15, 0.2) is 11.5 Å². The molecule has 134 valence electrons. The van der Waals surface area contributed by atoms with Crippen LogP contribution in [0.2, 0.25) is 0 Å². The molecule has 0 aliphatic carbocycles. The number of rotatable bonds is 7. The van der Waals surface area contributed by atoms with Crippen LogP contribution < -0.4 is 14.3 Å². The average molecular weight is 386 g/mol. The molecular formula is C19H19N3O2S2. The highest BCUT2D eigenvalue weighted by Crippen LogP contribution is 2.30. The molecule has 0 amide bonds. The predicted octanol–water partition coefficient (Wildman–Crippen LogP) is 4.26. The second-order valence-corrected chi connectivity index (χ2v) is 6.93. The van der Waals surface area contributed by atoms with Gasteiger partial charge in [0.1, 0.15) is 0 Å². The van der Waals surface area contributed by atoms with Gasteiger partial charge in [-0.25, -0.2) is 4.68 Å². The van der Waals surface area contributed by atoms with Gasteiger partial charge in [-0.3, -0.25) is 4.99 Å². The second-order valence-electron chi connectivity index (χ2n) is 5.15. The number of para-hydroxylation sites is 1. The summed E-state index contributed by atoms with van der Waals surface area (Å²) in [5.74, 6) is 1.32.